The van der Waals surface area contributed by atoms with Gasteiger partial charge in [0.1, 0.15) is 18.1 Å². The zero-order chi connectivity index (χ0) is 21.3. The van der Waals surface area contributed by atoms with E-state index in [-0.39, 0.29) is 24.5 Å². The molecule has 0 unspecified atom stereocenters. The van der Waals surface area contributed by atoms with Gasteiger partial charge in [-0.1, -0.05) is 29.7 Å². The second-order valence-corrected chi connectivity index (χ2v) is 7.92. The maximum Gasteiger partial charge on any atom is 0.410 e. The number of carbonyl (C=O) groups excluding carboxylic acids is 2. The minimum Gasteiger partial charge on any atom is -0.490 e. The van der Waals surface area contributed by atoms with Crippen LogP contribution in [0.25, 0.3) is 0 Å². The van der Waals surface area contributed by atoms with Gasteiger partial charge in [0.15, 0.2) is 6.61 Å². The number of thiazole rings is 1. The van der Waals surface area contributed by atoms with Crippen molar-refractivity contribution in [1.82, 2.24) is 15.2 Å². The van der Waals surface area contributed by atoms with Gasteiger partial charge in [-0.05, 0) is 25.0 Å². The molecule has 2 amide bonds. The molecule has 1 aliphatic heterocycles. The molecular formula is C21H22ClN3O4S. The minimum atomic E-state index is -0.385. The van der Waals surface area contributed by atoms with Crippen LogP contribution in [0, 0.1) is 12.3 Å². The van der Waals surface area contributed by atoms with Crippen LogP contribution in [0.3, 0.4) is 0 Å². The molecule has 9 heteroatoms. The van der Waals surface area contributed by atoms with Crippen LogP contribution in [-0.2, 0) is 4.74 Å². The summed E-state index contributed by atoms with van der Waals surface area (Å²) in [6.45, 7) is 1.78. The number of likely N-dealkylation sites (tertiary alicyclic amines) is 1. The zero-order valence-electron chi connectivity index (χ0n) is 16.3. The predicted molar refractivity (Wildman–Crippen MR) is 115 cm³/mol. The van der Waals surface area contributed by atoms with Crippen LogP contribution in [-0.4, -0.2) is 54.7 Å². The lowest BCUT2D eigenvalue weighted by atomic mass is 9.98. The van der Waals surface area contributed by atoms with Crippen LogP contribution < -0.4 is 10.1 Å². The molecule has 0 radical (unpaired) electrons. The molecule has 0 bridgehead atoms. The summed E-state index contributed by atoms with van der Waals surface area (Å²) in [6, 6.07) is 7.18. The number of nitrogens with one attached hydrogen (secondary N) is 1. The van der Waals surface area contributed by atoms with E-state index in [1.54, 1.807) is 22.4 Å². The largest absolute Gasteiger partial charge is 0.490 e. The number of halogens is 1. The van der Waals surface area contributed by atoms with E-state index in [4.69, 9.17) is 27.5 Å². The van der Waals surface area contributed by atoms with Crippen LogP contribution in [0.4, 0.5) is 4.79 Å². The Labute approximate surface area is 184 Å². The lowest BCUT2D eigenvalue weighted by Gasteiger charge is -2.30. The normalized spacial score (nSPS) is 14.1. The number of hydrogen-bond donors (Lipinski definition) is 1. The molecular weight excluding hydrogens is 426 g/mol. The summed E-state index contributed by atoms with van der Waals surface area (Å²) in [5.74, 6) is 2.85. The molecule has 0 aliphatic carbocycles. The molecule has 30 heavy (non-hydrogen) atoms. The first-order valence-corrected chi connectivity index (χ1v) is 10.8. The fourth-order valence-electron chi connectivity index (χ4n) is 3.06. The summed E-state index contributed by atoms with van der Waals surface area (Å²) in [5.41, 5.74) is 0.392. The second-order valence-electron chi connectivity index (χ2n) is 6.63. The van der Waals surface area contributed by atoms with Crippen molar-refractivity contribution in [2.45, 2.75) is 18.8 Å². The zero-order valence-corrected chi connectivity index (χ0v) is 17.9. The van der Waals surface area contributed by atoms with E-state index in [0.29, 0.717) is 42.7 Å². The quantitative estimate of drug-likeness (QED) is 0.518. The van der Waals surface area contributed by atoms with Crippen molar-refractivity contribution in [3.05, 3.63) is 45.4 Å². The minimum absolute atomic E-state index is 0.0207. The van der Waals surface area contributed by atoms with E-state index in [1.807, 2.05) is 12.1 Å². The SMILES string of the molecule is C#CCOC(=O)N1CCC(c2nc(C(=O)NCCOc3ccccc3Cl)cs2)CC1. The van der Waals surface area contributed by atoms with Crippen molar-refractivity contribution in [2.75, 3.05) is 32.8 Å². The van der Waals surface area contributed by atoms with Gasteiger partial charge in [0, 0.05) is 24.4 Å². The number of carbonyl (C=O) groups is 2. The first-order valence-electron chi connectivity index (χ1n) is 9.54. The number of hydrogen-bond acceptors (Lipinski definition) is 6. The van der Waals surface area contributed by atoms with E-state index in [0.717, 1.165) is 17.8 Å². The van der Waals surface area contributed by atoms with Gasteiger partial charge in [0.2, 0.25) is 0 Å². The Morgan fingerprint density at radius 2 is 2.10 bits per heavy atom. The monoisotopic (exact) mass is 447 g/mol. The highest BCUT2D eigenvalue weighted by atomic mass is 35.5. The molecule has 2 aromatic rings. The number of terminal acetylenes is 1. The number of ether oxygens (including phenoxy) is 2. The third-order valence-corrected chi connectivity index (χ3v) is 5.94. The third-order valence-electron chi connectivity index (χ3n) is 4.62. The summed E-state index contributed by atoms with van der Waals surface area (Å²) in [4.78, 5) is 30.3. The molecule has 0 saturated carbocycles. The van der Waals surface area contributed by atoms with Crippen LogP contribution in [0.2, 0.25) is 5.02 Å². The van der Waals surface area contributed by atoms with Crippen LogP contribution in [0.5, 0.6) is 5.75 Å². The van der Waals surface area contributed by atoms with Gasteiger partial charge < -0.3 is 19.7 Å². The number of para-hydroxylation sites is 1. The summed E-state index contributed by atoms with van der Waals surface area (Å²) >= 11 is 7.49. The molecule has 1 saturated heterocycles. The van der Waals surface area contributed by atoms with E-state index >= 15 is 0 Å². The Morgan fingerprint density at radius 3 is 2.83 bits per heavy atom. The number of nitrogens with zero attached hydrogens (tertiary/aromatic N) is 2. The van der Waals surface area contributed by atoms with Crippen LogP contribution in [0.1, 0.15) is 34.3 Å². The molecule has 7 nitrogen and oxygen atoms in total. The van der Waals surface area contributed by atoms with Crippen molar-refractivity contribution in [3.8, 4) is 18.1 Å². The van der Waals surface area contributed by atoms with E-state index < -0.39 is 0 Å². The maximum atomic E-state index is 12.3. The lowest BCUT2D eigenvalue weighted by Crippen LogP contribution is -2.38. The Morgan fingerprint density at radius 1 is 1.33 bits per heavy atom. The molecule has 1 aromatic heterocycles. The second kappa shape index (κ2) is 10.9. The summed E-state index contributed by atoms with van der Waals surface area (Å²) in [7, 11) is 0. The Bertz CT molecular complexity index is 919. The molecule has 3 rings (SSSR count). The third kappa shape index (κ3) is 5.88. The summed E-state index contributed by atoms with van der Waals surface area (Å²) in [5, 5.41) is 5.99. The van der Waals surface area contributed by atoms with Gasteiger partial charge >= 0.3 is 6.09 Å². The molecule has 0 atom stereocenters. The fraction of sp³-hybridized carbons (Fsp3) is 0.381. The molecule has 1 aliphatic rings. The number of benzene rings is 1. The molecule has 1 fully saturated rings. The Hall–Kier alpha value is -2.76. The molecule has 1 aromatic carbocycles. The van der Waals surface area contributed by atoms with Crippen LogP contribution >= 0.6 is 22.9 Å². The van der Waals surface area contributed by atoms with Gasteiger partial charge in [-0.2, -0.15) is 0 Å². The number of rotatable bonds is 7. The van der Waals surface area contributed by atoms with Crippen LogP contribution in [0.15, 0.2) is 29.6 Å². The maximum absolute atomic E-state index is 12.3. The van der Waals surface area contributed by atoms with Crippen molar-refractivity contribution < 1.29 is 19.1 Å². The number of amides is 2. The molecule has 2 heterocycles. The number of aromatic nitrogens is 1. The van der Waals surface area contributed by atoms with Gasteiger partial charge in [0.05, 0.1) is 16.6 Å². The lowest BCUT2D eigenvalue weighted by molar-refractivity contribution is 0.0942. The van der Waals surface area contributed by atoms with E-state index in [2.05, 4.69) is 16.2 Å². The van der Waals surface area contributed by atoms with Gasteiger partial charge in [0.25, 0.3) is 5.91 Å². The Kier molecular flexibility index (Phi) is 7.94. The smallest absolute Gasteiger partial charge is 0.410 e. The van der Waals surface area contributed by atoms with E-state index in [1.165, 1.54) is 11.3 Å². The van der Waals surface area contributed by atoms with Crippen molar-refractivity contribution in [2.24, 2.45) is 0 Å². The number of piperidine rings is 1. The van der Waals surface area contributed by atoms with Gasteiger partial charge in [-0.25, -0.2) is 9.78 Å². The fourth-order valence-corrected chi connectivity index (χ4v) is 4.22. The van der Waals surface area contributed by atoms with E-state index in [9.17, 15) is 9.59 Å². The first kappa shape index (κ1) is 21.9. The predicted octanol–water partition coefficient (Wildman–Crippen LogP) is 3.55. The molecule has 158 valence electrons. The highest BCUT2D eigenvalue weighted by molar-refractivity contribution is 7.09. The molecule has 0 spiro atoms. The highest BCUT2D eigenvalue weighted by Crippen LogP contribution is 2.30. The average Bonchev–Trinajstić information content (AvgIpc) is 3.26. The average molecular weight is 448 g/mol. The highest BCUT2D eigenvalue weighted by Gasteiger charge is 2.27. The topological polar surface area (TPSA) is 80.8 Å². The Balaban J connectivity index is 1.42. The van der Waals surface area contributed by atoms with Crippen molar-refractivity contribution in [3.63, 3.8) is 0 Å². The first-order chi connectivity index (χ1) is 14.6. The summed E-state index contributed by atoms with van der Waals surface area (Å²) in [6.07, 6.45) is 6.26. The van der Waals surface area contributed by atoms with Crippen molar-refractivity contribution in [1.29, 1.82) is 0 Å². The van der Waals surface area contributed by atoms with Crippen molar-refractivity contribution >= 4 is 34.9 Å². The standard InChI is InChI=1S/C21H22ClN3O4S/c1-2-12-29-21(27)25-10-7-15(8-11-25)20-24-17(14-30-20)19(26)23-9-13-28-18-6-4-3-5-16(18)22/h1,3-6,14-15H,7-13H2,(H,23,26). The summed E-state index contributed by atoms with van der Waals surface area (Å²) < 4.78 is 10.5. The van der Waals surface area contributed by atoms with Gasteiger partial charge in [-0.3, -0.25) is 4.79 Å². The van der Waals surface area contributed by atoms with Gasteiger partial charge in [-0.15, -0.1) is 17.8 Å². The molecule has 1 N–H and O–H groups in total.